The van der Waals surface area contributed by atoms with Crippen molar-refractivity contribution in [1.29, 1.82) is 0 Å². The van der Waals surface area contributed by atoms with Crippen molar-refractivity contribution in [2.45, 2.75) is 24.9 Å². The van der Waals surface area contributed by atoms with Gasteiger partial charge in [0.2, 0.25) is 5.91 Å². The maximum Gasteiger partial charge on any atom is 0.251 e. The average molecular weight is 372 g/mol. The second-order valence-electron chi connectivity index (χ2n) is 4.76. The third-order valence-electron chi connectivity index (χ3n) is 2.82. The van der Waals surface area contributed by atoms with Gasteiger partial charge in [0.05, 0.1) is 15.8 Å². The number of H-pyrrole nitrogens is 1. The highest BCUT2D eigenvalue weighted by molar-refractivity contribution is 7.99. The summed E-state index contributed by atoms with van der Waals surface area (Å²) in [6.07, 6.45) is 1.63. The molecule has 0 fully saturated rings. The number of amides is 1. The quantitative estimate of drug-likeness (QED) is 0.598. The lowest BCUT2D eigenvalue weighted by Crippen LogP contribution is -2.15. The van der Waals surface area contributed by atoms with E-state index in [4.69, 9.17) is 23.2 Å². The SMILES string of the molecule is CCCc1cc(=O)[nH]c(SCC(=O)Nc2ccc(Cl)c(Cl)c2)n1. The molecule has 2 aromatic rings. The van der Waals surface area contributed by atoms with Gasteiger partial charge in [-0.15, -0.1) is 0 Å². The molecule has 2 N–H and O–H groups in total. The molecule has 0 aliphatic rings. The zero-order valence-electron chi connectivity index (χ0n) is 12.4. The van der Waals surface area contributed by atoms with Gasteiger partial charge in [0.15, 0.2) is 5.16 Å². The minimum absolute atomic E-state index is 0.124. The van der Waals surface area contributed by atoms with Gasteiger partial charge in [-0.3, -0.25) is 9.59 Å². The first-order chi connectivity index (χ1) is 11.0. The van der Waals surface area contributed by atoms with Gasteiger partial charge in [0.1, 0.15) is 0 Å². The summed E-state index contributed by atoms with van der Waals surface area (Å²) in [5.74, 6) is -0.101. The van der Waals surface area contributed by atoms with E-state index in [-0.39, 0.29) is 17.2 Å². The number of aryl methyl sites for hydroxylation is 1. The summed E-state index contributed by atoms with van der Waals surface area (Å²) in [6.45, 7) is 2.01. The summed E-state index contributed by atoms with van der Waals surface area (Å²) in [4.78, 5) is 30.4. The number of nitrogens with zero attached hydrogens (tertiary/aromatic N) is 1. The van der Waals surface area contributed by atoms with E-state index in [1.807, 2.05) is 6.92 Å². The molecule has 0 aliphatic carbocycles. The predicted molar refractivity (Wildman–Crippen MR) is 94.7 cm³/mol. The molecule has 1 amide bonds. The van der Waals surface area contributed by atoms with E-state index in [1.165, 1.54) is 17.8 Å². The largest absolute Gasteiger partial charge is 0.325 e. The summed E-state index contributed by atoms with van der Waals surface area (Å²) in [5, 5.41) is 3.94. The Morgan fingerprint density at radius 3 is 2.78 bits per heavy atom. The average Bonchev–Trinajstić information content (AvgIpc) is 2.49. The molecular weight excluding hydrogens is 357 g/mol. The monoisotopic (exact) mass is 371 g/mol. The van der Waals surface area contributed by atoms with Crippen LogP contribution >= 0.6 is 35.0 Å². The number of carbonyl (C=O) groups excluding carboxylic acids is 1. The Hall–Kier alpha value is -1.50. The van der Waals surface area contributed by atoms with Crippen LogP contribution in [0.3, 0.4) is 0 Å². The van der Waals surface area contributed by atoms with Crippen LogP contribution < -0.4 is 10.9 Å². The molecule has 0 saturated carbocycles. The molecule has 122 valence electrons. The number of aromatic amines is 1. The molecule has 0 aliphatic heterocycles. The number of carbonyl (C=O) groups is 1. The van der Waals surface area contributed by atoms with Crippen LogP contribution in [0.1, 0.15) is 19.0 Å². The van der Waals surface area contributed by atoms with Crippen LogP contribution in [0.25, 0.3) is 0 Å². The first-order valence-electron chi connectivity index (χ1n) is 6.96. The number of nitrogens with one attached hydrogen (secondary N) is 2. The molecule has 0 spiro atoms. The zero-order chi connectivity index (χ0) is 16.8. The van der Waals surface area contributed by atoms with Crippen LogP contribution in [0.5, 0.6) is 0 Å². The maximum atomic E-state index is 11.9. The Balaban J connectivity index is 1.96. The van der Waals surface area contributed by atoms with Crippen molar-refractivity contribution in [2.24, 2.45) is 0 Å². The summed E-state index contributed by atoms with van der Waals surface area (Å²) < 4.78 is 0. The molecular formula is C15H15Cl2N3O2S. The Morgan fingerprint density at radius 1 is 1.30 bits per heavy atom. The Morgan fingerprint density at radius 2 is 2.09 bits per heavy atom. The molecule has 0 radical (unpaired) electrons. The lowest BCUT2D eigenvalue weighted by molar-refractivity contribution is -0.113. The Labute approximate surface area is 147 Å². The van der Waals surface area contributed by atoms with Crippen LogP contribution in [0.2, 0.25) is 10.0 Å². The van der Waals surface area contributed by atoms with Crippen LogP contribution in [-0.4, -0.2) is 21.6 Å². The van der Waals surface area contributed by atoms with Crippen molar-refractivity contribution in [1.82, 2.24) is 9.97 Å². The molecule has 1 heterocycles. The summed E-state index contributed by atoms with van der Waals surface area (Å²) >= 11 is 12.9. The van der Waals surface area contributed by atoms with Crippen LogP contribution in [0, 0.1) is 0 Å². The number of aromatic nitrogens is 2. The molecule has 0 atom stereocenters. The van der Waals surface area contributed by atoms with E-state index in [2.05, 4.69) is 15.3 Å². The number of halogens is 2. The topological polar surface area (TPSA) is 74.8 Å². The molecule has 1 aromatic heterocycles. The molecule has 0 saturated heterocycles. The number of thioether (sulfide) groups is 1. The minimum Gasteiger partial charge on any atom is -0.325 e. The Bertz CT molecular complexity index is 765. The van der Waals surface area contributed by atoms with Gasteiger partial charge in [0.25, 0.3) is 5.56 Å². The highest BCUT2D eigenvalue weighted by Crippen LogP contribution is 2.25. The molecule has 1 aromatic carbocycles. The number of hydrogen-bond donors (Lipinski definition) is 2. The first-order valence-corrected chi connectivity index (χ1v) is 8.70. The van der Waals surface area contributed by atoms with Crippen LogP contribution in [-0.2, 0) is 11.2 Å². The van der Waals surface area contributed by atoms with Crippen molar-refractivity contribution in [3.05, 3.63) is 50.4 Å². The van der Waals surface area contributed by atoms with Crippen molar-refractivity contribution < 1.29 is 4.79 Å². The fourth-order valence-corrected chi connectivity index (χ4v) is 2.83. The zero-order valence-corrected chi connectivity index (χ0v) is 14.7. The lowest BCUT2D eigenvalue weighted by Gasteiger charge is -2.06. The van der Waals surface area contributed by atoms with Crippen LogP contribution in [0.4, 0.5) is 5.69 Å². The summed E-state index contributed by atoms with van der Waals surface area (Å²) in [5.41, 5.74) is 1.07. The van der Waals surface area contributed by atoms with E-state index in [0.29, 0.717) is 20.9 Å². The molecule has 8 heteroatoms. The van der Waals surface area contributed by atoms with Crippen LogP contribution in [0.15, 0.2) is 34.2 Å². The van der Waals surface area contributed by atoms with Gasteiger partial charge in [-0.1, -0.05) is 48.3 Å². The highest BCUT2D eigenvalue weighted by Gasteiger charge is 2.08. The highest BCUT2D eigenvalue weighted by atomic mass is 35.5. The normalized spacial score (nSPS) is 10.6. The second-order valence-corrected chi connectivity index (χ2v) is 6.54. The second kappa shape index (κ2) is 8.38. The fraction of sp³-hybridized carbons (Fsp3) is 0.267. The molecule has 23 heavy (non-hydrogen) atoms. The first kappa shape index (κ1) is 17.8. The number of rotatable bonds is 6. The van der Waals surface area contributed by atoms with E-state index in [9.17, 15) is 9.59 Å². The molecule has 0 unspecified atom stereocenters. The molecule has 2 rings (SSSR count). The van der Waals surface area contributed by atoms with Gasteiger partial charge in [-0.05, 0) is 24.6 Å². The van der Waals surface area contributed by atoms with Crippen molar-refractivity contribution in [2.75, 3.05) is 11.1 Å². The number of anilines is 1. The van der Waals surface area contributed by atoms with Gasteiger partial charge in [-0.2, -0.15) is 0 Å². The molecule has 0 bridgehead atoms. The Kier molecular flexibility index (Phi) is 6.50. The van der Waals surface area contributed by atoms with Crippen molar-refractivity contribution in [3.63, 3.8) is 0 Å². The smallest absolute Gasteiger partial charge is 0.251 e. The van der Waals surface area contributed by atoms with Gasteiger partial charge >= 0.3 is 0 Å². The van der Waals surface area contributed by atoms with Gasteiger partial charge in [0, 0.05) is 17.4 Å². The van der Waals surface area contributed by atoms with E-state index < -0.39 is 0 Å². The standard InChI is InChI=1S/C15H15Cl2N3O2S/c1-2-3-9-7-13(21)20-15(19-9)23-8-14(22)18-10-4-5-11(16)12(17)6-10/h4-7H,2-3,8H2,1H3,(H,18,22)(H,19,20,21). The third kappa shape index (κ3) is 5.57. The van der Waals surface area contributed by atoms with E-state index in [0.717, 1.165) is 18.5 Å². The maximum absolute atomic E-state index is 11.9. The van der Waals surface area contributed by atoms with Gasteiger partial charge in [-0.25, -0.2) is 4.98 Å². The lowest BCUT2D eigenvalue weighted by atomic mass is 10.2. The number of hydrogen-bond acceptors (Lipinski definition) is 4. The van der Waals surface area contributed by atoms with Crippen molar-refractivity contribution >= 4 is 46.6 Å². The third-order valence-corrected chi connectivity index (χ3v) is 4.43. The minimum atomic E-state index is -0.225. The van der Waals surface area contributed by atoms with E-state index in [1.54, 1.807) is 18.2 Å². The van der Waals surface area contributed by atoms with E-state index >= 15 is 0 Å². The summed E-state index contributed by atoms with van der Waals surface area (Å²) in [6, 6.07) is 6.33. The fourth-order valence-electron chi connectivity index (χ4n) is 1.84. The van der Waals surface area contributed by atoms with Crippen molar-refractivity contribution in [3.8, 4) is 0 Å². The van der Waals surface area contributed by atoms with Gasteiger partial charge < -0.3 is 10.3 Å². The predicted octanol–water partition coefficient (Wildman–Crippen LogP) is 3.76. The number of benzene rings is 1. The summed E-state index contributed by atoms with van der Waals surface area (Å²) in [7, 11) is 0. The molecule has 5 nitrogen and oxygen atoms in total.